The molecule has 0 bridgehead atoms. The van der Waals surface area contributed by atoms with Gasteiger partial charge < -0.3 is 19.5 Å². The van der Waals surface area contributed by atoms with Crippen molar-refractivity contribution in [1.29, 1.82) is 0 Å². The summed E-state index contributed by atoms with van der Waals surface area (Å²) in [5.41, 5.74) is -0.186. The van der Waals surface area contributed by atoms with Gasteiger partial charge in [-0.1, -0.05) is 6.07 Å². The van der Waals surface area contributed by atoms with E-state index < -0.39 is 11.4 Å². The van der Waals surface area contributed by atoms with E-state index >= 15 is 0 Å². The van der Waals surface area contributed by atoms with Crippen LogP contribution in [0.15, 0.2) is 30.6 Å². The Kier molecular flexibility index (Phi) is 7.00. The molecule has 2 amide bonds. The van der Waals surface area contributed by atoms with E-state index in [1.165, 1.54) is 13.2 Å². The first kappa shape index (κ1) is 23.9. The van der Waals surface area contributed by atoms with Gasteiger partial charge in [0.25, 0.3) is 0 Å². The molecular weight excluding hydrogens is 439 g/mol. The minimum atomic E-state index is -0.667. The number of piperidine rings is 1. The number of ether oxygens (including phenoxy) is 1. The van der Waals surface area contributed by atoms with Gasteiger partial charge in [0, 0.05) is 62.9 Å². The van der Waals surface area contributed by atoms with E-state index in [0.29, 0.717) is 55.9 Å². The summed E-state index contributed by atoms with van der Waals surface area (Å²) in [7, 11) is 3.26. The fourth-order valence-electron chi connectivity index (χ4n) is 5.05. The molecule has 0 aliphatic carbocycles. The second kappa shape index (κ2) is 9.95. The maximum Gasteiger partial charge on any atom is 0.222 e. The smallest absolute Gasteiger partial charge is 0.222 e. The Bertz CT molecular complexity index is 1080. The predicted octanol–water partition coefficient (Wildman–Crippen LogP) is 2.66. The number of amides is 2. The van der Waals surface area contributed by atoms with Crippen LogP contribution in [0.5, 0.6) is 5.75 Å². The van der Waals surface area contributed by atoms with Crippen molar-refractivity contribution in [3.63, 3.8) is 0 Å². The number of nitrogens with zero attached hydrogens (tertiary/aromatic N) is 3. The number of Topliss-reactive ketones (excluding diaryl/α,β-unsaturated/α-hetero) is 1. The molecule has 1 N–H and O–H groups in total. The fraction of sp³-hybridized carbons (Fsp3) is 0.520. The van der Waals surface area contributed by atoms with E-state index in [0.717, 1.165) is 12.8 Å². The summed E-state index contributed by atoms with van der Waals surface area (Å²) in [5.74, 6) is 0.00645. The molecule has 1 aromatic heterocycles. The zero-order valence-corrected chi connectivity index (χ0v) is 19.7. The number of ketones is 1. The average molecular weight is 471 g/mol. The van der Waals surface area contributed by atoms with Crippen LogP contribution in [0, 0.1) is 11.7 Å². The molecule has 2 aliphatic rings. The lowest BCUT2D eigenvalue weighted by Gasteiger charge is -2.34. The molecule has 2 saturated heterocycles. The van der Waals surface area contributed by atoms with Gasteiger partial charge in [0.1, 0.15) is 11.6 Å². The Labute approximate surface area is 198 Å². The molecular formula is C25H31FN4O4. The molecule has 2 aromatic rings. The van der Waals surface area contributed by atoms with E-state index in [9.17, 15) is 18.8 Å². The van der Waals surface area contributed by atoms with Crippen molar-refractivity contribution in [1.82, 2.24) is 19.8 Å². The first-order valence-electron chi connectivity index (χ1n) is 11.7. The third-order valence-electron chi connectivity index (χ3n) is 7.03. The van der Waals surface area contributed by atoms with Gasteiger partial charge in [0.05, 0.1) is 7.11 Å². The molecule has 4 rings (SSSR count). The first-order valence-corrected chi connectivity index (χ1v) is 11.7. The second-order valence-corrected chi connectivity index (χ2v) is 9.37. The molecule has 9 heteroatoms. The number of imidazole rings is 1. The zero-order valence-electron chi connectivity index (χ0n) is 19.7. The SMILES string of the molecule is COc1ccc(C[C@]2(CCC(=O)N3CCC[C@H](C(=O)c4nccn4C)C3)CCC(=O)N2)c(F)c1. The number of benzene rings is 1. The van der Waals surface area contributed by atoms with Gasteiger partial charge in [-0.15, -0.1) is 0 Å². The molecule has 3 heterocycles. The Morgan fingerprint density at radius 2 is 2.18 bits per heavy atom. The van der Waals surface area contributed by atoms with E-state index in [-0.39, 0.29) is 29.9 Å². The van der Waals surface area contributed by atoms with Crippen molar-refractivity contribution >= 4 is 17.6 Å². The van der Waals surface area contributed by atoms with Crippen LogP contribution < -0.4 is 10.1 Å². The number of rotatable bonds is 8. The highest BCUT2D eigenvalue weighted by Crippen LogP contribution is 2.32. The van der Waals surface area contributed by atoms with Crippen molar-refractivity contribution in [2.24, 2.45) is 13.0 Å². The summed E-state index contributed by atoms with van der Waals surface area (Å²) in [6, 6.07) is 4.69. The van der Waals surface area contributed by atoms with E-state index in [4.69, 9.17) is 4.74 Å². The largest absolute Gasteiger partial charge is 0.497 e. The number of likely N-dealkylation sites (tertiary alicyclic amines) is 1. The molecule has 34 heavy (non-hydrogen) atoms. The molecule has 0 saturated carbocycles. The van der Waals surface area contributed by atoms with Crippen molar-refractivity contribution in [3.05, 3.63) is 47.8 Å². The topological polar surface area (TPSA) is 93.5 Å². The highest BCUT2D eigenvalue weighted by atomic mass is 19.1. The lowest BCUT2D eigenvalue weighted by Crippen LogP contribution is -2.46. The predicted molar refractivity (Wildman–Crippen MR) is 123 cm³/mol. The van der Waals surface area contributed by atoms with E-state index in [2.05, 4.69) is 10.3 Å². The van der Waals surface area contributed by atoms with Crippen LogP contribution in [0.4, 0.5) is 4.39 Å². The Morgan fingerprint density at radius 3 is 2.82 bits per heavy atom. The number of halogens is 1. The van der Waals surface area contributed by atoms with Gasteiger partial charge in [-0.05, 0) is 43.7 Å². The Hall–Kier alpha value is -3.23. The van der Waals surface area contributed by atoms with Gasteiger partial charge in [-0.3, -0.25) is 14.4 Å². The second-order valence-electron chi connectivity index (χ2n) is 9.37. The van der Waals surface area contributed by atoms with Crippen LogP contribution in [-0.2, 0) is 23.1 Å². The Morgan fingerprint density at radius 1 is 1.35 bits per heavy atom. The standard InChI is InChI=1S/C25H31FN4O4/c1-29-13-11-27-24(29)23(33)18-4-3-12-30(16-18)22(32)8-10-25(9-7-21(31)28-25)15-17-5-6-19(34-2)14-20(17)26/h5-6,11,13-14,18H,3-4,7-10,12,15-16H2,1-2H3,(H,28,31)/t18-,25+/m0/s1. The zero-order chi connectivity index (χ0) is 24.3. The van der Waals surface area contributed by atoms with Gasteiger partial charge in [-0.2, -0.15) is 0 Å². The van der Waals surface area contributed by atoms with Crippen LogP contribution in [0.3, 0.4) is 0 Å². The van der Waals surface area contributed by atoms with Crippen LogP contribution in [0.2, 0.25) is 0 Å². The number of hydrogen-bond acceptors (Lipinski definition) is 5. The molecule has 0 spiro atoms. The highest BCUT2D eigenvalue weighted by molar-refractivity contribution is 5.95. The lowest BCUT2D eigenvalue weighted by molar-refractivity contribution is -0.133. The van der Waals surface area contributed by atoms with Gasteiger partial charge in [0.2, 0.25) is 17.6 Å². The number of nitrogens with one attached hydrogen (secondary N) is 1. The van der Waals surface area contributed by atoms with E-state index in [1.807, 2.05) is 0 Å². The number of aromatic nitrogens is 2. The number of methoxy groups -OCH3 is 1. The number of hydrogen-bond donors (Lipinski definition) is 1. The Balaban J connectivity index is 1.40. The maximum absolute atomic E-state index is 14.6. The van der Waals surface area contributed by atoms with Crippen LogP contribution in [-0.4, -0.2) is 57.8 Å². The summed E-state index contributed by atoms with van der Waals surface area (Å²) >= 11 is 0. The highest BCUT2D eigenvalue weighted by Gasteiger charge is 2.39. The monoisotopic (exact) mass is 470 g/mol. The van der Waals surface area contributed by atoms with Crippen LogP contribution in [0.25, 0.3) is 0 Å². The molecule has 8 nitrogen and oxygen atoms in total. The van der Waals surface area contributed by atoms with Crippen LogP contribution >= 0.6 is 0 Å². The maximum atomic E-state index is 14.6. The molecule has 0 radical (unpaired) electrons. The molecule has 2 fully saturated rings. The lowest BCUT2D eigenvalue weighted by atomic mass is 9.84. The number of carbonyl (C=O) groups excluding carboxylic acids is 3. The van der Waals surface area contributed by atoms with Crippen molar-refractivity contribution in [2.45, 2.75) is 50.5 Å². The van der Waals surface area contributed by atoms with Gasteiger partial charge >= 0.3 is 0 Å². The molecule has 0 unspecified atom stereocenters. The van der Waals surface area contributed by atoms with E-state index in [1.54, 1.807) is 41.0 Å². The summed E-state index contributed by atoms with van der Waals surface area (Å²) in [6.07, 6.45) is 6.67. The third kappa shape index (κ3) is 5.13. The van der Waals surface area contributed by atoms with Crippen molar-refractivity contribution in [3.8, 4) is 5.75 Å². The van der Waals surface area contributed by atoms with Gasteiger partial charge in [0.15, 0.2) is 5.82 Å². The van der Waals surface area contributed by atoms with Gasteiger partial charge in [-0.25, -0.2) is 9.37 Å². The quantitative estimate of drug-likeness (QED) is 0.599. The summed E-state index contributed by atoms with van der Waals surface area (Å²) in [6.45, 7) is 0.979. The summed E-state index contributed by atoms with van der Waals surface area (Å²) in [5, 5.41) is 3.01. The van der Waals surface area contributed by atoms with Crippen molar-refractivity contribution in [2.75, 3.05) is 20.2 Å². The fourth-order valence-corrected chi connectivity index (χ4v) is 5.05. The number of aryl methyl sites for hydroxylation is 1. The molecule has 182 valence electrons. The first-order chi connectivity index (χ1) is 16.3. The average Bonchev–Trinajstić information content (AvgIpc) is 3.43. The molecule has 2 aliphatic heterocycles. The van der Waals surface area contributed by atoms with Crippen molar-refractivity contribution < 1.29 is 23.5 Å². The molecule has 2 atom stereocenters. The normalized spacial score (nSPS) is 22.5. The summed E-state index contributed by atoms with van der Waals surface area (Å²) < 4.78 is 21.4. The third-order valence-corrected chi connectivity index (χ3v) is 7.03. The molecule has 1 aromatic carbocycles. The minimum Gasteiger partial charge on any atom is -0.497 e. The van der Waals surface area contributed by atoms with Crippen LogP contribution in [0.1, 0.15) is 54.7 Å². The minimum absolute atomic E-state index is 0.0421. The summed E-state index contributed by atoms with van der Waals surface area (Å²) in [4.78, 5) is 43.9. The number of carbonyl (C=O) groups is 3.